The maximum absolute atomic E-state index is 13.8. The average Bonchev–Trinajstić information content (AvgIpc) is 3.01. The molecule has 0 spiro atoms. The number of hydrogen-bond donors (Lipinski definition) is 1. The molecule has 4 aromatic rings. The molecule has 0 aliphatic rings. The molecule has 0 fully saturated rings. The van der Waals surface area contributed by atoms with Gasteiger partial charge in [0.25, 0.3) is 0 Å². The van der Waals surface area contributed by atoms with E-state index in [4.69, 9.17) is 9.47 Å². The van der Waals surface area contributed by atoms with Gasteiger partial charge >= 0.3 is 6.03 Å². The van der Waals surface area contributed by atoms with Gasteiger partial charge in [0.2, 0.25) is 0 Å². The highest BCUT2D eigenvalue weighted by atomic mass is 16.5. The molecule has 0 saturated heterocycles. The largest absolute Gasteiger partial charge is 0.493 e. The lowest BCUT2D eigenvalue weighted by Gasteiger charge is -2.31. The fraction of sp³-hybridized carbons (Fsp3) is 0.343. The highest BCUT2D eigenvalue weighted by Gasteiger charge is 2.22. The van der Waals surface area contributed by atoms with E-state index in [1.165, 1.54) is 0 Å². The van der Waals surface area contributed by atoms with Crippen molar-refractivity contribution in [3.8, 4) is 11.5 Å². The van der Waals surface area contributed by atoms with Crippen molar-refractivity contribution in [2.45, 2.75) is 52.8 Å². The number of nitrogens with one attached hydrogen (secondary N) is 1. The lowest BCUT2D eigenvalue weighted by molar-refractivity contribution is 0.180. The molecule has 0 heterocycles. The monoisotopic (exact) mass is 553 g/mol. The zero-order valence-electron chi connectivity index (χ0n) is 24.8. The van der Waals surface area contributed by atoms with Crippen molar-refractivity contribution < 1.29 is 14.3 Å². The van der Waals surface area contributed by atoms with Crippen LogP contribution in [-0.2, 0) is 13.2 Å². The van der Waals surface area contributed by atoms with Crippen molar-refractivity contribution in [1.29, 1.82) is 0 Å². The molecule has 1 N–H and O–H groups in total. The van der Waals surface area contributed by atoms with Gasteiger partial charge in [0, 0.05) is 18.0 Å². The van der Waals surface area contributed by atoms with Gasteiger partial charge in [-0.2, -0.15) is 0 Å². The minimum Gasteiger partial charge on any atom is -0.493 e. The molecule has 4 rings (SSSR count). The molecule has 1 atom stereocenters. The van der Waals surface area contributed by atoms with Gasteiger partial charge in [-0.05, 0) is 74.1 Å². The number of fused-ring (bicyclic) bond motifs is 1. The van der Waals surface area contributed by atoms with Crippen LogP contribution >= 0.6 is 0 Å². The van der Waals surface area contributed by atoms with Crippen molar-refractivity contribution >= 4 is 22.5 Å². The summed E-state index contributed by atoms with van der Waals surface area (Å²) in [7, 11) is 1.65. The number of carbonyl (C=O) groups excluding carboxylic acids is 1. The lowest BCUT2D eigenvalue weighted by Crippen LogP contribution is -2.41. The molecule has 0 aliphatic carbocycles. The number of carbonyl (C=O) groups is 1. The molecule has 6 heteroatoms. The van der Waals surface area contributed by atoms with E-state index in [1.54, 1.807) is 7.11 Å². The number of ether oxygens (including phenoxy) is 2. The van der Waals surface area contributed by atoms with Gasteiger partial charge < -0.3 is 24.6 Å². The maximum Gasteiger partial charge on any atom is 0.322 e. The first-order valence-electron chi connectivity index (χ1n) is 14.6. The number of anilines is 1. The third-order valence-corrected chi connectivity index (χ3v) is 7.63. The van der Waals surface area contributed by atoms with E-state index in [0.717, 1.165) is 60.1 Å². The Balaban J connectivity index is 1.52. The quantitative estimate of drug-likeness (QED) is 0.172. The number of hydrogen-bond acceptors (Lipinski definition) is 4. The Morgan fingerprint density at radius 2 is 1.59 bits per heavy atom. The van der Waals surface area contributed by atoms with Crippen LogP contribution in [0, 0.1) is 0 Å². The van der Waals surface area contributed by atoms with Gasteiger partial charge in [0.1, 0.15) is 6.61 Å². The van der Waals surface area contributed by atoms with E-state index in [9.17, 15) is 4.79 Å². The summed E-state index contributed by atoms with van der Waals surface area (Å²) in [4.78, 5) is 18.2. The summed E-state index contributed by atoms with van der Waals surface area (Å²) >= 11 is 0. The summed E-state index contributed by atoms with van der Waals surface area (Å²) in [5, 5.41) is 5.33. The molecule has 0 aliphatic heterocycles. The minimum atomic E-state index is -0.111. The van der Waals surface area contributed by atoms with E-state index in [1.807, 2.05) is 83.8 Å². The van der Waals surface area contributed by atoms with Crippen LogP contribution < -0.4 is 14.8 Å². The van der Waals surface area contributed by atoms with E-state index >= 15 is 0 Å². The number of rotatable bonds is 14. The summed E-state index contributed by atoms with van der Waals surface area (Å²) in [6, 6.07) is 30.0. The highest BCUT2D eigenvalue weighted by Crippen LogP contribution is 2.30. The lowest BCUT2D eigenvalue weighted by atomic mass is 10.1. The van der Waals surface area contributed by atoms with Gasteiger partial charge in [-0.1, -0.05) is 86.6 Å². The number of nitrogens with zero attached hydrogens (tertiary/aromatic N) is 2. The summed E-state index contributed by atoms with van der Waals surface area (Å²) < 4.78 is 11.8. The van der Waals surface area contributed by atoms with E-state index < -0.39 is 0 Å². The molecule has 41 heavy (non-hydrogen) atoms. The topological polar surface area (TPSA) is 54.0 Å². The number of amides is 2. The Bertz CT molecular complexity index is 1380. The smallest absolute Gasteiger partial charge is 0.322 e. The van der Waals surface area contributed by atoms with Crippen molar-refractivity contribution in [3.05, 3.63) is 102 Å². The Labute approximate surface area is 244 Å². The Kier molecular flexibility index (Phi) is 11.0. The van der Waals surface area contributed by atoms with E-state index in [-0.39, 0.29) is 12.1 Å². The fourth-order valence-corrected chi connectivity index (χ4v) is 5.12. The van der Waals surface area contributed by atoms with E-state index in [0.29, 0.717) is 24.7 Å². The minimum absolute atomic E-state index is 0.0422. The first-order chi connectivity index (χ1) is 20.0. The third-order valence-electron chi connectivity index (χ3n) is 7.63. The highest BCUT2D eigenvalue weighted by molar-refractivity contribution is 6.01. The second-order valence-corrected chi connectivity index (χ2v) is 10.4. The first kappa shape index (κ1) is 29.9. The second kappa shape index (κ2) is 15.1. The van der Waals surface area contributed by atoms with Crippen molar-refractivity contribution in [2.24, 2.45) is 0 Å². The molecule has 2 amide bonds. The number of methoxy groups -OCH3 is 1. The van der Waals surface area contributed by atoms with Gasteiger partial charge in [-0.3, -0.25) is 0 Å². The average molecular weight is 554 g/mol. The molecule has 0 radical (unpaired) electrons. The normalized spacial score (nSPS) is 11.8. The molecular formula is C35H43N3O3. The van der Waals surface area contributed by atoms with Gasteiger partial charge in [-0.15, -0.1) is 0 Å². The molecule has 0 saturated carbocycles. The van der Waals surface area contributed by atoms with Crippen LogP contribution in [0.25, 0.3) is 10.8 Å². The summed E-state index contributed by atoms with van der Waals surface area (Å²) in [6.07, 6.45) is 1.94. The molecular weight excluding hydrogens is 510 g/mol. The van der Waals surface area contributed by atoms with Crippen LogP contribution in [0.15, 0.2) is 91.0 Å². The summed E-state index contributed by atoms with van der Waals surface area (Å²) in [5.74, 6) is 1.33. The second-order valence-electron chi connectivity index (χ2n) is 10.4. The van der Waals surface area contributed by atoms with E-state index in [2.05, 4.69) is 43.1 Å². The molecule has 0 bridgehead atoms. The van der Waals surface area contributed by atoms with Crippen LogP contribution in [0.1, 0.15) is 44.7 Å². The van der Waals surface area contributed by atoms with Gasteiger partial charge in [0.05, 0.1) is 12.8 Å². The van der Waals surface area contributed by atoms with Crippen LogP contribution in [0.2, 0.25) is 0 Å². The first-order valence-corrected chi connectivity index (χ1v) is 14.6. The predicted molar refractivity (Wildman–Crippen MR) is 169 cm³/mol. The number of urea groups is 1. The van der Waals surface area contributed by atoms with Crippen molar-refractivity contribution in [1.82, 2.24) is 9.80 Å². The Morgan fingerprint density at radius 3 is 2.34 bits per heavy atom. The van der Waals surface area contributed by atoms with Crippen molar-refractivity contribution in [2.75, 3.05) is 32.1 Å². The fourth-order valence-electron chi connectivity index (χ4n) is 5.12. The molecule has 216 valence electrons. The molecule has 6 nitrogen and oxygen atoms in total. The SMILES string of the molecule is CCN(CC)CCCC(C)N(Cc1ccc(OCc2ccccc2)c(OC)c1)C(=O)Nc1cccc2ccccc12. The molecule has 0 aromatic heterocycles. The third kappa shape index (κ3) is 8.24. The summed E-state index contributed by atoms with van der Waals surface area (Å²) in [5.41, 5.74) is 2.89. The maximum atomic E-state index is 13.8. The van der Waals surface area contributed by atoms with Crippen LogP contribution in [-0.4, -0.2) is 48.6 Å². The van der Waals surface area contributed by atoms with Gasteiger partial charge in [0.15, 0.2) is 11.5 Å². The van der Waals surface area contributed by atoms with Crippen LogP contribution in [0.3, 0.4) is 0 Å². The predicted octanol–water partition coefficient (Wildman–Crippen LogP) is 7.97. The van der Waals surface area contributed by atoms with Crippen molar-refractivity contribution in [3.63, 3.8) is 0 Å². The zero-order chi connectivity index (χ0) is 29.0. The molecule has 4 aromatic carbocycles. The van der Waals surface area contributed by atoms with Crippen LogP contribution in [0.5, 0.6) is 11.5 Å². The molecule has 1 unspecified atom stereocenters. The summed E-state index contributed by atoms with van der Waals surface area (Å²) in [6.45, 7) is 10.5. The standard InChI is InChI=1S/C35H43N3O3/c1-5-37(6-2)23-13-14-27(3)38(35(39)36-32-20-12-18-30-17-10-11-19-31(30)32)25-29-21-22-33(34(24-29)40-4)41-26-28-15-8-7-9-16-28/h7-12,15-22,24,27H,5-6,13-14,23,25-26H2,1-4H3,(H,36,39). The van der Waals surface area contributed by atoms with Crippen LogP contribution in [0.4, 0.5) is 10.5 Å². The van der Waals surface area contributed by atoms with Gasteiger partial charge in [-0.25, -0.2) is 4.79 Å². The Morgan fingerprint density at radius 1 is 0.854 bits per heavy atom. The zero-order valence-corrected chi connectivity index (χ0v) is 24.8. The number of benzene rings is 4. The Hall–Kier alpha value is -4.03.